The van der Waals surface area contributed by atoms with Gasteiger partial charge in [-0.25, -0.2) is 0 Å². The maximum absolute atomic E-state index is 10.9. The molecule has 17 heavy (non-hydrogen) atoms. The number of halogens is 1. The summed E-state index contributed by atoms with van der Waals surface area (Å²) in [6.07, 6.45) is 0.562. The van der Waals surface area contributed by atoms with Gasteiger partial charge in [0.2, 0.25) is 0 Å². The molecule has 0 aliphatic carbocycles. The minimum absolute atomic E-state index is 0.184. The molecular weight excluding hydrogens is 284 g/mol. The highest BCUT2D eigenvalue weighted by molar-refractivity contribution is 9.08. The summed E-state index contributed by atoms with van der Waals surface area (Å²) >= 11 is 3.41. The minimum atomic E-state index is -0.269. The van der Waals surface area contributed by atoms with Crippen LogP contribution in [0.2, 0.25) is 0 Å². The fourth-order valence-electron chi connectivity index (χ4n) is 1.41. The third-order valence-corrected chi connectivity index (χ3v) is 2.93. The number of alkyl halides is 1. The van der Waals surface area contributed by atoms with Gasteiger partial charge in [0.05, 0.1) is 0 Å². The summed E-state index contributed by atoms with van der Waals surface area (Å²) in [5, 5.41) is 0.744. The third-order valence-electron chi connectivity index (χ3n) is 2.33. The van der Waals surface area contributed by atoms with Crippen molar-refractivity contribution in [1.29, 1.82) is 0 Å². The second-order valence-corrected chi connectivity index (χ2v) is 4.25. The molecule has 0 aliphatic heterocycles. The zero-order chi connectivity index (χ0) is 12.7. The standard InChI is InChI=1S/C13H17BrO3/c1-3-12(17-10(2)15)9-16-13-7-5-4-6-11(13)8-14/h4-7,12H,3,8-9H2,1-2H3. The van der Waals surface area contributed by atoms with E-state index < -0.39 is 0 Å². The van der Waals surface area contributed by atoms with Crippen molar-refractivity contribution in [3.05, 3.63) is 29.8 Å². The first-order chi connectivity index (χ1) is 8.17. The van der Waals surface area contributed by atoms with E-state index in [0.29, 0.717) is 6.61 Å². The summed E-state index contributed by atoms with van der Waals surface area (Å²) in [4.78, 5) is 10.9. The van der Waals surface area contributed by atoms with E-state index in [2.05, 4.69) is 15.9 Å². The van der Waals surface area contributed by atoms with Gasteiger partial charge < -0.3 is 9.47 Å². The third kappa shape index (κ3) is 4.77. The van der Waals surface area contributed by atoms with Crippen LogP contribution in [0.25, 0.3) is 0 Å². The van der Waals surface area contributed by atoms with Crippen LogP contribution in [0.3, 0.4) is 0 Å². The molecule has 1 aromatic carbocycles. The van der Waals surface area contributed by atoms with Gasteiger partial charge in [0.25, 0.3) is 0 Å². The molecule has 0 N–H and O–H groups in total. The number of rotatable bonds is 6. The highest BCUT2D eigenvalue weighted by Crippen LogP contribution is 2.21. The van der Waals surface area contributed by atoms with Crippen molar-refractivity contribution >= 4 is 21.9 Å². The second-order valence-electron chi connectivity index (χ2n) is 3.69. The molecule has 0 heterocycles. The normalized spacial score (nSPS) is 11.9. The number of carbonyl (C=O) groups excluding carboxylic acids is 1. The average molecular weight is 301 g/mol. The van der Waals surface area contributed by atoms with Crippen LogP contribution in [0.1, 0.15) is 25.8 Å². The number of hydrogen-bond donors (Lipinski definition) is 0. The lowest BCUT2D eigenvalue weighted by Gasteiger charge is -2.17. The summed E-state index contributed by atoms with van der Waals surface area (Å²) in [7, 11) is 0. The van der Waals surface area contributed by atoms with Crippen molar-refractivity contribution in [3.63, 3.8) is 0 Å². The number of benzene rings is 1. The fraction of sp³-hybridized carbons (Fsp3) is 0.462. The van der Waals surface area contributed by atoms with E-state index in [1.807, 2.05) is 31.2 Å². The molecule has 0 aliphatic rings. The quantitative estimate of drug-likeness (QED) is 0.597. The monoisotopic (exact) mass is 300 g/mol. The minimum Gasteiger partial charge on any atom is -0.489 e. The Labute approximate surface area is 110 Å². The molecule has 94 valence electrons. The van der Waals surface area contributed by atoms with Gasteiger partial charge in [-0.1, -0.05) is 41.1 Å². The molecule has 0 spiro atoms. The zero-order valence-electron chi connectivity index (χ0n) is 10.1. The molecule has 0 saturated carbocycles. The molecule has 0 radical (unpaired) electrons. The highest BCUT2D eigenvalue weighted by atomic mass is 79.9. The van der Waals surface area contributed by atoms with Crippen LogP contribution >= 0.6 is 15.9 Å². The summed E-state index contributed by atoms with van der Waals surface area (Å²) < 4.78 is 10.8. The van der Waals surface area contributed by atoms with Crippen molar-refractivity contribution in [1.82, 2.24) is 0 Å². The lowest BCUT2D eigenvalue weighted by molar-refractivity contribution is -0.147. The van der Waals surface area contributed by atoms with Crippen molar-refractivity contribution in [3.8, 4) is 5.75 Å². The first kappa shape index (κ1) is 14.0. The van der Waals surface area contributed by atoms with Crippen LogP contribution in [0, 0.1) is 0 Å². The van der Waals surface area contributed by atoms with Gasteiger partial charge in [-0.2, -0.15) is 0 Å². The topological polar surface area (TPSA) is 35.5 Å². The van der Waals surface area contributed by atoms with Crippen LogP contribution < -0.4 is 4.74 Å². The van der Waals surface area contributed by atoms with Gasteiger partial charge >= 0.3 is 5.97 Å². The van der Waals surface area contributed by atoms with Gasteiger partial charge in [-0.05, 0) is 12.5 Å². The van der Waals surface area contributed by atoms with E-state index >= 15 is 0 Å². The largest absolute Gasteiger partial charge is 0.489 e. The van der Waals surface area contributed by atoms with Crippen LogP contribution in [0.15, 0.2) is 24.3 Å². The van der Waals surface area contributed by atoms with Crippen LogP contribution in [0.4, 0.5) is 0 Å². The Bertz CT molecular complexity index is 365. The molecule has 0 bridgehead atoms. The predicted octanol–water partition coefficient (Wildman–Crippen LogP) is 3.30. The van der Waals surface area contributed by atoms with Crippen LogP contribution in [-0.2, 0) is 14.9 Å². The molecule has 0 aromatic heterocycles. The van der Waals surface area contributed by atoms with Crippen LogP contribution in [-0.4, -0.2) is 18.7 Å². The van der Waals surface area contributed by atoms with Crippen molar-refractivity contribution in [2.24, 2.45) is 0 Å². The number of carbonyl (C=O) groups is 1. The van der Waals surface area contributed by atoms with E-state index in [-0.39, 0.29) is 12.1 Å². The summed E-state index contributed by atoms with van der Waals surface area (Å²) in [5.41, 5.74) is 1.09. The Balaban J connectivity index is 2.56. The summed E-state index contributed by atoms with van der Waals surface area (Å²) in [5.74, 6) is 0.559. The van der Waals surface area contributed by atoms with Gasteiger partial charge in [-0.3, -0.25) is 4.79 Å². The Morgan fingerprint density at radius 1 is 1.41 bits per heavy atom. The first-order valence-electron chi connectivity index (χ1n) is 5.61. The van der Waals surface area contributed by atoms with E-state index in [9.17, 15) is 4.79 Å². The predicted molar refractivity (Wildman–Crippen MR) is 70.4 cm³/mol. The fourth-order valence-corrected chi connectivity index (χ4v) is 1.87. The second kappa shape index (κ2) is 7.33. The zero-order valence-corrected chi connectivity index (χ0v) is 11.7. The van der Waals surface area contributed by atoms with Crippen molar-refractivity contribution < 1.29 is 14.3 Å². The van der Waals surface area contributed by atoms with Gasteiger partial charge in [0, 0.05) is 17.8 Å². The Morgan fingerprint density at radius 2 is 2.12 bits per heavy atom. The SMILES string of the molecule is CCC(COc1ccccc1CBr)OC(C)=O. The number of hydrogen-bond acceptors (Lipinski definition) is 3. The number of para-hydroxylation sites is 1. The molecule has 1 rings (SSSR count). The van der Waals surface area contributed by atoms with Gasteiger partial charge in [-0.15, -0.1) is 0 Å². The Hall–Kier alpha value is -1.03. The first-order valence-corrected chi connectivity index (χ1v) is 6.73. The van der Waals surface area contributed by atoms with Gasteiger partial charge in [0.1, 0.15) is 18.5 Å². The lowest BCUT2D eigenvalue weighted by Crippen LogP contribution is -2.23. The van der Waals surface area contributed by atoms with Crippen LogP contribution in [0.5, 0.6) is 5.75 Å². The molecule has 0 amide bonds. The molecule has 0 fully saturated rings. The Morgan fingerprint density at radius 3 is 2.71 bits per heavy atom. The average Bonchev–Trinajstić information content (AvgIpc) is 2.34. The maximum atomic E-state index is 10.9. The lowest BCUT2D eigenvalue weighted by atomic mass is 10.2. The van der Waals surface area contributed by atoms with E-state index in [1.165, 1.54) is 6.92 Å². The van der Waals surface area contributed by atoms with E-state index in [1.54, 1.807) is 0 Å². The molecule has 1 aromatic rings. The van der Waals surface area contributed by atoms with Crippen molar-refractivity contribution in [2.75, 3.05) is 6.61 Å². The molecular formula is C13H17BrO3. The molecule has 0 saturated heterocycles. The number of ether oxygens (including phenoxy) is 2. The smallest absolute Gasteiger partial charge is 0.303 e. The molecule has 3 nitrogen and oxygen atoms in total. The number of esters is 1. The molecule has 4 heteroatoms. The summed E-state index contributed by atoms with van der Waals surface area (Å²) in [6.45, 7) is 3.77. The highest BCUT2D eigenvalue weighted by Gasteiger charge is 2.11. The maximum Gasteiger partial charge on any atom is 0.303 e. The van der Waals surface area contributed by atoms with E-state index in [0.717, 1.165) is 23.1 Å². The van der Waals surface area contributed by atoms with E-state index in [4.69, 9.17) is 9.47 Å². The van der Waals surface area contributed by atoms with Gasteiger partial charge in [0.15, 0.2) is 0 Å². The summed E-state index contributed by atoms with van der Waals surface area (Å²) in [6, 6.07) is 7.80. The molecule has 1 unspecified atom stereocenters. The molecule has 1 atom stereocenters. The van der Waals surface area contributed by atoms with Crippen molar-refractivity contribution in [2.45, 2.75) is 31.7 Å². The Kier molecular flexibility index (Phi) is 6.05.